The highest BCUT2D eigenvalue weighted by molar-refractivity contribution is 6.39. The van der Waals surface area contributed by atoms with Gasteiger partial charge < -0.3 is 19.9 Å². The Bertz CT molecular complexity index is 915. The molecule has 0 spiro atoms. The third kappa shape index (κ3) is 5.05. The molecule has 7 nitrogen and oxygen atoms in total. The number of aryl methyl sites for hydroxylation is 1. The number of benzene rings is 1. The number of hydrogen-bond acceptors (Lipinski definition) is 4. The normalized spacial score (nSPS) is 13.6. The third-order valence-corrected chi connectivity index (χ3v) is 4.99. The molecule has 1 aromatic heterocycles. The van der Waals surface area contributed by atoms with Crippen molar-refractivity contribution in [3.8, 4) is 0 Å². The van der Waals surface area contributed by atoms with Gasteiger partial charge in [0.15, 0.2) is 5.82 Å². The second-order valence-electron chi connectivity index (χ2n) is 6.45. The van der Waals surface area contributed by atoms with Crippen LogP contribution in [0.5, 0.6) is 0 Å². The van der Waals surface area contributed by atoms with Gasteiger partial charge in [-0.15, -0.1) is 0 Å². The summed E-state index contributed by atoms with van der Waals surface area (Å²) in [4.78, 5) is 29.3. The fourth-order valence-electron chi connectivity index (χ4n) is 2.75. The van der Waals surface area contributed by atoms with Gasteiger partial charge in [-0.25, -0.2) is 4.98 Å². The van der Waals surface area contributed by atoms with Crippen molar-refractivity contribution in [2.24, 2.45) is 7.05 Å². The molecular weight excluding hydrogens is 448 g/mol. The van der Waals surface area contributed by atoms with Crippen molar-refractivity contribution >= 4 is 40.7 Å². The number of nitrogens with zero attached hydrogens (tertiary/aromatic N) is 3. The minimum atomic E-state index is -5.17. The zero-order valence-electron chi connectivity index (χ0n) is 16.0. The number of imidazole rings is 1. The van der Waals surface area contributed by atoms with Crippen molar-refractivity contribution < 1.29 is 27.9 Å². The van der Waals surface area contributed by atoms with Crippen molar-refractivity contribution in [1.29, 1.82) is 0 Å². The van der Waals surface area contributed by atoms with Crippen LogP contribution in [-0.2, 0) is 22.2 Å². The molecule has 1 heterocycles. The largest absolute Gasteiger partial charge is 0.425 e. The molecule has 2 aromatic rings. The minimum absolute atomic E-state index is 0.0724. The highest BCUT2D eigenvalue weighted by Crippen LogP contribution is 2.41. The molecule has 12 heteroatoms. The monoisotopic (exact) mass is 466 g/mol. The summed E-state index contributed by atoms with van der Waals surface area (Å²) in [6, 6.07) is 4.54. The number of carbonyl (C=O) groups excluding carboxylic acids is 2. The van der Waals surface area contributed by atoms with Gasteiger partial charge in [0.25, 0.3) is 0 Å². The molecule has 0 saturated carbocycles. The Morgan fingerprint density at radius 1 is 1.27 bits per heavy atom. The highest BCUT2D eigenvalue weighted by Gasteiger charge is 2.59. The van der Waals surface area contributed by atoms with E-state index < -0.39 is 42.4 Å². The van der Waals surface area contributed by atoms with E-state index >= 15 is 0 Å². The topological polar surface area (TPSA) is 87.5 Å². The van der Waals surface area contributed by atoms with Gasteiger partial charge in [0.05, 0.1) is 28.7 Å². The predicted molar refractivity (Wildman–Crippen MR) is 105 cm³/mol. The van der Waals surface area contributed by atoms with Crippen LogP contribution in [0.2, 0.25) is 10.0 Å². The summed E-state index contributed by atoms with van der Waals surface area (Å²) in [5, 5.41) is 13.1. The molecule has 1 aromatic carbocycles. The maximum absolute atomic E-state index is 13.6. The van der Waals surface area contributed by atoms with Crippen LogP contribution in [0, 0.1) is 0 Å². The predicted octanol–water partition coefficient (Wildman–Crippen LogP) is 3.35. The number of nitrogens with one attached hydrogen (secondary N) is 1. The Labute approximate surface area is 180 Å². The van der Waals surface area contributed by atoms with Gasteiger partial charge in [0, 0.05) is 26.0 Å². The molecule has 1 unspecified atom stereocenters. The maximum Gasteiger partial charge on any atom is 0.425 e. The molecule has 0 aliphatic rings. The van der Waals surface area contributed by atoms with E-state index in [2.05, 4.69) is 10.3 Å². The SMILES string of the molecule is CCN(CC(=O)Nc1c(Cl)cccc1Cl)C(=O)CC(O)(c1nccn1C)C(F)(F)F. The van der Waals surface area contributed by atoms with E-state index in [0.717, 1.165) is 15.7 Å². The zero-order valence-corrected chi connectivity index (χ0v) is 17.5. The van der Waals surface area contributed by atoms with Crippen molar-refractivity contribution in [2.75, 3.05) is 18.4 Å². The summed E-state index contributed by atoms with van der Waals surface area (Å²) in [6.45, 7) is 0.851. The number of para-hydroxylation sites is 1. The number of aromatic nitrogens is 2. The molecule has 0 radical (unpaired) electrons. The lowest BCUT2D eigenvalue weighted by Crippen LogP contribution is -2.49. The molecule has 164 valence electrons. The molecule has 0 bridgehead atoms. The molecule has 0 saturated heterocycles. The van der Waals surface area contributed by atoms with Crippen LogP contribution in [0.4, 0.5) is 18.9 Å². The maximum atomic E-state index is 13.6. The summed E-state index contributed by atoms with van der Waals surface area (Å²) >= 11 is 11.9. The fraction of sp³-hybridized carbons (Fsp3) is 0.389. The van der Waals surface area contributed by atoms with E-state index in [1.807, 2.05) is 0 Å². The van der Waals surface area contributed by atoms with Crippen LogP contribution in [0.15, 0.2) is 30.6 Å². The smallest absolute Gasteiger partial charge is 0.374 e. The summed E-state index contributed by atoms with van der Waals surface area (Å²) in [6.07, 6.45) is -4.21. The van der Waals surface area contributed by atoms with Crippen molar-refractivity contribution in [3.05, 3.63) is 46.5 Å². The number of rotatable bonds is 7. The summed E-state index contributed by atoms with van der Waals surface area (Å²) in [5.41, 5.74) is -3.40. The Balaban J connectivity index is 2.18. The van der Waals surface area contributed by atoms with E-state index in [-0.39, 0.29) is 22.3 Å². The standard InChI is InChI=1S/C18H19Cl2F3N4O3/c1-3-27(10-13(28)25-15-11(19)5-4-6-12(15)20)14(29)9-17(30,18(21,22)23)16-24-7-8-26(16)2/h4-8,30H,3,9-10H2,1-2H3,(H,25,28). The molecule has 2 N–H and O–H groups in total. The first-order valence-corrected chi connectivity index (χ1v) is 9.44. The summed E-state index contributed by atoms with van der Waals surface area (Å²) in [7, 11) is 1.27. The van der Waals surface area contributed by atoms with Gasteiger partial charge in [0.1, 0.15) is 0 Å². The van der Waals surface area contributed by atoms with E-state index in [9.17, 15) is 27.9 Å². The van der Waals surface area contributed by atoms with Gasteiger partial charge in [0.2, 0.25) is 17.4 Å². The number of halogens is 5. The Morgan fingerprint density at radius 3 is 2.33 bits per heavy atom. The van der Waals surface area contributed by atoms with E-state index in [1.165, 1.54) is 32.3 Å². The van der Waals surface area contributed by atoms with E-state index in [4.69, 9.17) is 23.2 Å². The first kappa shape index (κ1) is 24.0. The summed E-state index contributed by atoms with van der Waals surface area (Å²) < 4.78 is 41.9. The number of anilines is 1. The number of aliphatic hydroxyl groups is 1. The van der Waals surface area contributed by atoms with Gasteiger partial charge >= 0.3 is 6.18 Å². The molecular formula is C18H19Cl2F3N4O3. The summed E-state index contributed by atoms with van der Waals surface area (Å²) in [5.74, 6) is -2.53. The molecule has 2 amide bonds. The highest BCUT2D eigenvalue weighted by atomic mass is 35.5. The third-order valence-electron chi connectivity index (χ3n) is 4.36. The van der Waals surface area contributed by atoms with Crippen molar-refractivity contribution in [1.82, 2.24) is 14.5 Å². The Morgan fingerprint density at radius 2 is 1.87 bits per heavy atom. The second kappa shape index (κ2) is 9.23. The van der Waals surface area contributed by atoms with Crippen LogP contribution in [0.1, 0.15) is 19.2 Å². The number of amides is 2. The lowest BCUT2D eigenvalue weighted by molar-refractivity contribution is -0.271. The molecule has 2 rings (SSSR count). The average Bonchev–Trinajstić information content (AvgIpc) is 3.08. The lowest BCUT2D eigenvalue weighted by atomic mass is 9.96. The van der Waals surface area contributed by atoms with Gasteiger partial charge in [-0.2, -0.15) is 13.2 Å². The van der Waals surface area contributed by atoms with Gasteiger partial charge in [-0.05, 0) is 19.1 Å². The van der Waals surface area contributed by atoms with Crippen LogP contribution in [-0.4, -0.2) is 50.6 Å². The van der Waals surface area contributed by atoms with Crippen molar-refractivity contribution in [3.63, 3.8) is 0 Å². The van der Waals surface area contributed by atoms with Crippen LogP contribution in [0.25, 0.3) is 0 Å². The first-order chi connectivity index (χ1) is 13.9. The van der Waals surface area contributed by atoms with E-state index in [0.29, 0.717) is 0 Å². The quantitative estimate of drug-likeness (QED) is 0.654. The average molecular weight is 467 g/mol. The number of likely N-dealkylation sites (N-methyl/N-ethyl adjacent to an activating group) is 1. The second-order valence-corrected chi connectivity index (χ2v) is 7.26. The molecule has 0 aliphatic carbocycles. The number of alkyl halides is 3. The number of carbonyl (C=O) groups is 2. The Kier molecular flexibility index (Phi) is 7.38. The van der Waals surface area contributed by atoms with Crippen LogP contribution in [0.3, 0.4) is 0 Å². The minimum Gasteiger partial charge on any atom is -0.374 e. The van der Waals surface area contributed by atoms with Gasteiger partial charge in [-0.3, -0.25) is 9.59 Å². The molecule has 1 atom stereocenters. The van der Waals surface area contributed by atoms with E-state index in [1.54, 1.807) is 6.07 Å². The molecule has 0 aliphatic heterocycles. The zero-order chi connectivity index (χ0) is 22.7. The fourth-order valence-corrected chi connectivity index (χ4v) is 3.24. The van der Waals surface area contributed by atoms with Gasteiger partial charge in [-0.1, -0.05) is 29.3 Å². The molecule has 30 heavy (non-hydrogen) atoms. The van der Waals surface area contributed by atoms with Crippen molar-refractivity contribution in [2.45, 2.75) is 25.1 Å². The lowest BCUT2D eigenvalue weighted by Gasteiger charge is -2.31. The van der Waals surface area contributed by atoms with Crippen LogP contribution < -0.4 is 5.32 Å². The Hall–Kier alpha value is -2.30. The molecule has 0 fully saturated rings. The number of hydrogen-bond donors (Lipinski definition) is 2. The first-order valence-electron chi connectivity index (χ1n) is 8.69. The van der Waals surface area contributed by atoms with Crippen LogP contribution >= 0.6 is 23.2 Å².